The van der Waals surface area contributed by atoms with Crippen LogP contribution in [0.5, 0.6) is 0 Å². The van der Waals surface area contributed by atoms with Gasteiger partial charge in [-0.3, -0.25) is 13.6 Å². The molecule has 3 aromatic heterocycles. The molecule has 274 valence electrons. The first-order chi connectivity index (χ1) is 23.7. The van der Waals surface area contributed by atoms with Gasteiger partial charge in [0.15, 0.2) is 17.7 Å². The van der Waals surface area contributed by atoms with E-state index in [0.717, 1.165) is 5.69 Å². The molecule has 3 aromatic rings. The van der Waals surface area contributed by atoms with Crippen LogP contribution in [0.2, 0.25) is 0 Å². The number of aliphatic carboxylic acids is 1. The Hall–Kier alpha value is -3.29. The van der Waals surface area contributed by atoms with Crippen LogP contribution < -0.4 is 21.9 Å². The van der Waals surface area contributed by atoms with Gasteiger partial charge in [0.25, 0.3) is 0 Å². The van der Waals surface area contributed by atoms with E-state index in [1.54, 1.807) is 15.4 Å². The molecule has 1 unspecified atom stereocenters. The smallest absolute Gasteiger partial charge is 0.320 e. The summed E-state index contributed by atoms with van der Waals surface area (Å²) in [6.45, 7) is 2.87. The minimum atomic E-state index is -2.30. The lowest BCUT2D eigenvalue weighted by molar-refractivity contribution is -0.138. The number of nitrogens with zero attached hydrogens (tertiary/aromatic N) is 7. The van der Waals surface area contributed by atoms with Crippen LogP contribution in [0.1, 0.15) is 31.2 Å². The molecule has 4 heterocycles. The van der Waals surface area contributed by atoms with Gasteiger partial charge < -0.3 is 55.7 Å². The zero-order valence-electron chi connectivity index (χ0n) is 26.8. The highest BCUT2D eigenvalue weighted by Crippen LogP contribution is 2.36. The van der Waals surface area contributed by atoms with Crippen LogP contribution in [0.3, 0.4) is 0 Å². The largest absolute Gasteiger partial charge is 0.760 e. The number of hydrogen-bond donors (Lipinski definition) is 6. The predicted molar refractivity (Wildman–Crippen MR) is 170 cm³/mol. The Morgan fingerprint density at radius 2 is 1.82 bits per heavy atom. The van der Waals surface area contributed by atoms with Crippen LogP contribution in [0.25, 0.3) is 11.2 Å². The molecule has 0 aliphatic carbocycles. The third kappa shape index (κ3) is 11.6. The number of ether oxygens (including phenoxy) is 5. The molecule has 7 atom stereocenters. The molecule has 9 N–H and O–H groups in total. The van der Waals surface area contributed by atoms with Gasteiger partial charge in [0.2, 0.25) is 0 Å². The Morgan fingerprint density at radius 3 is 2.55 bits per heavy atom. The van der Waals surface area contributed by atoms with Crippen molar-refractivity contribution in [2.45, 2.75) is 68.9 Å². The fourth-order valence-corrected chi connectivity index (χ4v) is 5.41. The highest BCUT2D eigenvalue weighted by Gasteiger charge is 2.46. The van der Waals surface area contributed by atoms with E-state index in [2.05, 4.69) is 30.0 Å². The van der Waals surface area contributed by atoms with E-state index in [-0.39, 0.29) is 38.4 Å². The molecule has 0 bridgehead atoms. The van der Waals surface area contributed by atoms with Crippen molar-refractivity contribution in [3.63, 3.8) is 0 Å². The molecule has 49 heavy (non-hydrogen) atoms. The first-order valence-electron chi connectivity index (χ1n) is 15.7. The lowest BCUT2D eigenvalue weighted by atomic mass is 9.98. The number of carboxylic acids is 1. The van der Waals surface area contributed by atoms with E-state index in [4.69, 9.17) is 46.0 Å². The summed E-state index contributed by atoms with van der Waals surface area (Å²) in [6, 6.07) is -1.52. The molecule has 22 heteroatoms. The van der Waals surface area contributed by atoms with Crippen molar-refractivity contribution < 1.29 is 47.5 Å². The van der Waals surface area contributed by atoms with Crippen molar-refractivity contribution in [3.8, 4) is 0 Å². The molecule has 1 aliphatic heterocycles. The minimum Gasteiger partial charge on any atom is -0.760 e. The summed E-state index contributed by atoms with van der Waals surface area (Å²) in [5.41, 5.74) is 19.5. The molecule has 0 amide bonds. The zero-order valence-corrected chi connectivity index (χ0v) is 27.6. The fraction of sp³-hybridized carbons (Fsp3) is 0.704. The highest BCUT2D eigenvalue weighted by molar-refractivity contribution is 7.77. The summed E-state index contributed by atoms with van der Waals surface area (Å²) < 4.78 is 55.1. The molecule has 0 saturated carbocycles. The van der Waals surface area contributed by atoms with E-state index in [9.17, 15) is 18.7 Å². The number of nitrogens with two attached hydrogens (primary N) is 3. The number of carboxylic acid groups (broad SMARTS) is 1. The van der Waals surface area contributed by atoms with Crippen molar-refractivity contribution in [2.75, 3.05) is 58.5 Å². The quantitative estimate of drug-likeness (QED) is 0.0404. The van der Waals surface area contributed by atoms with E-state index >= 15 is 0 Å². The minimum absolute atomic E-state index is 0.178. The monoisotopic (exact) mass is 714 g/mol. The second kappa shape index (κ2) is 19.8. The third-order valence-electron chi connectivity index (χ3n) is 7.70. The summed E-state index contributed by atoms with van der Waals surface area (Å²) in [5.74, 6) is -0.914. The molecule has 0 aromatic carbocycles. The zero-order chi connectivity index (χ0) is 35.2. The second-order valence-electron chi connectivity index (χ2n) is 11.2. The molecule has 0 spiro atoms. The maximum atomic E-state index is 11.4. The maximum Gasteiger partial charge on any atom is 0.320 e. The van der Waals surface area contributed by atoms with Crippen molar-refractivity contribution in [1.82, 2.24) is 39.2 Å². The first-order valence-corrected chi connectivity index (χ1v) is 16.8. The number of carbonyl (C=O) groups is 1. The van der Waals surface area contributed by atoms with Crippen LogP contribution in [-0.2, 0) is 52.7 Å². The van der Waals surface area contributed by atoms with Gasteiger partial charge in [-0.2, -0.15) is 0 Å². The number of anilines is 1. The second-order valence-corrected chi connectivity index (χ2v) is 11.9. The van der Waals surface area contributed by atoms with Gasteiger partial charge in [0, 0.05) is 30.3 Å². The molecule has 1 saturated heterocycles. The molecule has 1 fully saturated rings. The molecule has 0 radical (unpaired) electrons. The van der Waals surface area contributed by atoms with Gasteiger partial charge >= 0.3 is 5.97 Å². The SMILES string of the molecule is Nc1ncnc2c1ncn2[C@@H]1O[C@H](C[C@@H](N)CC[C@H](N)C(=O)O)[C@@H](O)[C@H]1OCCc1cnnn1CCOCCOCCOCCNS(=O)[O-]. The lowest BCUT2D eigenvalue weighted by Crippen LogP contribution is -2.38. The summed E-state index contributed by atoms with van der Waals surface area (Å²) in [7, 11) is 0. The van der Waals surface area contributed by atoms with Crippen LogP contribution in [0.15, 0.2) is 18.9 Å². The Kier molecular flexibility index (Phi) is 15.5. The number of rotatable bonds is 24. The first kappa shape index (κ1) is 38.5. The van der Waals surface area contributed by atoms with Gasteiger partial charge in [0.05, 0.1) is 77.1 Å². The number of fused-ring (bicyclic) bond motifs is 1. The molecule has 21 nitrogen and oxygen atoms in total. The topological polar surface area (TPSA) is 308 Å². The van der Waals surface area contributed by atoms with Crippen LogP contribution in [0, 0.1) is 0 Å². The van der Waals surface area contributed by atoms with Crippen molar-refractivity contribution in [2.24, 2.45) is 11.5 Å². The predicted octanol–water partition coefficient (Wildman–Crippen LogP) is -2.77. The summed E-state index contributed by atoms with van der Waals surface area (Å²) >= 11 is -2.30. The molecule has 4 rings (SSSR count). The standard InChI is InChI=1S/C27H45N11O10S/c28-17(1-2-19(29)27(40)41)13-20-22(39)23(26(48-20)37-16-33-21-24(30)31-15-32-25(21)37)47-6-3-18-14-34-36-38(18)5-8-45-10-12-46-11-9-44-7-4-35-49(42)43/h14-17,19-20,22-23,26,35,39H,1-13,28-29H2,(H,40,41)(H,42,43)(H2,30,31,32)/p-1/t17-,19-,20+,22+,23+,26+/m0/s1. The Bertz CT molecular complexity index is 1470. The number of imidazole rings is 1. The Balaban J connectivity index is 1.25. The number of aliphatic hydroxyl groups is 1. The van der Waals surface area contributed by atoms with E-state index in [1.165, 1.54) is 12.7 Å². The normalized spacial score (nSPS) is 21.3. The van der Waals surface area contributed by atoms with Crippen LogP contribution in [-0.4, -0.2) is 143 Å². The van der Waals surface area contributed by atoms with Crippen molar-refractivity contribution >= 4 is 34.2 Å². The van der Waals surface area contributed by atoms with Gasteiger partial charge in [-0.1, -0.05) is 5.21 Å². The average Bonchev–Trinajstić information content (AvgIpc) is 3.78. The van der Waals surface area contributed by atoms with E-state index in [1.807, 2.05) is 0 Å². The van der Waals surface area contributed by atoms with E-state index in [0.29, 0.717) is 63.6 Å². The molecule has 1 aliphatic rings. The van der Waals surface area contributed by atoms with E-state index < -0.39 is 53.9 Å². The lowest BCUT2D eigenvalue weighted by Gasteiger charge is -2.22. The van der Waals surface area contributed by atoms with Crippen LogP contribution >= 0.6 is 0 Å². The average molecular weight is 715 g/mol. The Labute approximate surface area is 284 Å². The Morgan fingerprint density at radius 1 is 1.08 bits per heavy atom. The number of aromatic nitrogens is 7. The van der Waals surface area contributed by atoms with Gasteiger partial charge in [-0.05, 0) is 19.3 Å². The van der Waals surface area contributed by atoms with Gasteiger partial charge in [0.1, 0.15) is 30.1 Å². The van der Waals surface area contributed by atoms with Gasteiger partial charge in [-0.25, -0.2) is 24.4 Å². The third-order valence-corrected chi connectivity index (χ3v) is 8.14. The number of nitrogen functional groups attached to an aromatic ring is 1. The number of hydrogen-bond acceptors (Lipinski definition) is 17. The maximum absolute atomic E-state index is 11.4. The highest BCUT2D eigenvalue weighted by atomic mass is 32.2. The summed E-state index contributed by atoms with van der Waals surface area (Å²) in [6.07, 6.45) is 2.10. The van der Waals surface area contributed by atoms with Crippen molar-refractivity contribution in [3.05, 3.63) is 24.5 Å². The van der Waals surface area contributed by atoms with Gasteiger partial charge in [-0.15, -0.1) is 5.10 Å². The molecular weight excluding hydrogens is 670 g/mol. The summed E-state index contributed by atoms with van der Waals surface area (Å²) in [4.78, 5) is 23.7. The fourth-order valence-electron chi connectivity index (χ4n) is 5.16. The van der Waals surface area contributed by atoms with Crippen LogP contribution in [0.4, 0.5) is 5.82 Å². The number of aliphatic hydroxyl groups excluding tert-OH is 1. The molecular formula is C27H44N11O10S-. The summed E-state index contributed by atoms with van der Waals surface area (Å²) in [5, 5.41) is 28.6. The number of nitrogens with one attached hydrogen (secondary N) is 1. The van der Waals surface area contributed by atoms with Crippen molar-refractivity contribution in [1.29, 1.82) is 0 Å².